The van der Waals surface area contributed by atoms with Gasteiger partial charge in [-0.2, -0.15) is 0 Å². The molecule has 0 bridgehead atoms. The number of rotatable bonds is 4. The van der Waals surface area contributed by atoms with Crippen molar-refractivity contribution in [2.75, 3.05) is 0 Å². The van der Waals surface area contributed by atoms with Gasteiger partial charge in [-0.25, -0.2) is 4.79 Å². The Hall–Kier alpha value is -2.34. The van der Waals surface area contributed by atoms with Crippen LogP contribution in [0.15, 0.2) is 34.9 Å². The van der Waals surface area contributed by atoms with E-state index < -0.39 is 6.04 Å². The molecular formula is C21H23ClN2O4. The van der Waals surface area contributed by atoms with E-state index in [1.165, 1.54) is 0 Å². The number of amides is 1. The number of hydrogen-bond donors (Lipinski definition) is 0. The number of hydrogen-bond acceptors (Lipinski definition) is 5. The van der Waals surface area contributed by atoms with Crippen LogP contribution in [-0.2, 0) is 16.1 Å². The van der Waals surface area contributed by atoms with Gasteiger partial charge in [0, 0.05) is 22.7 Å². The minimum absolute atomic E-state index is 0.0186. The first kappa shape index (κ1) is 19.0. The summed E-state index contributed by atoms with van der Waals surface area (Å²) >= 11 is 6.07. The second kappa shape index (κ2) is 7.95. The van der Waals surface area contributed by atoms with Crippen LogP contribution in [0.5, 0.6) is 0 Å². The first-order valence-corrected chi connectivity index (χ1v) is 10.1. The second-order valence-corrected chi connectivity index (χ2v) is 8.06. The molecule has 148 valence electrons. The quantitative estimate of drug-likeness (QED) is 0.718. The molecule has 1 aliphatic heterocycles. The van der Waals surface area contributed by atoms with Gasteiger partial charge in [0.15, 0.2) is 12.4 Å². The molecule has 1 amide bonds. The Morgan fingerprint density at radius 3 is 2.86 bits per heavy atom. The van der Waals surface area contributed by atoms with Crippen molar-refractivity contribution in [2.24, 2.45) is 5.92 Å². The fraction of sp³-hybridized carbons (Fsp3) is 0.476. The standard InChI is InChI=1S/C21H23ClN2O4/c1-13-9-17(28-23-13)12-27-21(26)19-11-14-5-2-3-8-18(14)24(19)20(25)15-6-4-7-16(22)10-15/h4,6-7,9-10,14,18-19H,2-3,5,8,11-12H2,1H3. The highest BCUT2D eigenvalue weighted by Crippen LogP contribution is 2.41. The van der Waals surface area contributed by atoms with Crippen molar-refractivity contribution in [3.63, 3.8) is 0 Å². The van der Waals surface area contributed by atoms with Gasteiger partial charge in [0.2, 0.25) is 0 Å². The van der Waals surface area contributed by atoms with Gasteiger partial charge in [-0.15, -0.1) is 0 Å². The van der Waals surface area contributed by atoms with E-state index in [4.69, 9.17) is 20.9 Å². The van der Waals surface area contributed by atoms with E-state index in [-0.39, 0.29) is 24.5 Å². The summed E-state index contributed by atoms with van der Waals surface area (Å²) in [6.45, 7) is 1.83. The second-order valence-electron chi connectivity index (χ2n) is 7.63. The van der Waals surface area contributed by atoms with E-state index in [1.807, 2.05) is 6.92 Å². The third-order valence-electron chi connectivity index (χ3n) is 5.70. The summed E-state index contributed by atoms with van der Waals surface area (Å²) in [6.07, 6.45) is 4.81. The van der Waals surface area contributed by atoms with Crippen LogP contribution in [0.1, 0.15) is 53.9 Å². The maximum atomic E-state index is 13.3. The lowest BCUT2D eigenvalue weighted by Gasteiger charge is -2.33. The van der Waals surface area contributed by atoms with Crippen molar-refractivity contribution in [3.05, 3.63) is 52.4 Å². The number of aryl methyl sites for hydroxylation is 1. The number of benzene rings is 1. The first-order valence-electron chi connectivity index (χ1n) is 9.70. The largest absolute Gasteiger partial charge is 0.456 e. The number of fused-ring (bicyclic) bond motifs is 1. The predicted molar refractivity (Wildman–Crippen MR) is 103 cm³/mol. The smallest absolute Gasteiger partial charge is 0.329 e. The summed E-state index contributed by atoms with van der Waals surface area (Å²) in [5.74, 6) is 0.282. The molecule has 0 spiro atoms. The summed E-state index contributed by atoms with van der Waals surface area (Å²) in [4.78, 5) is 27.9. The molecule has 0 N–H and O–H groups in total. The number of esters is 1. The van der Waals surface area contributed by atoms with Gasteiger partial charge in [0.1, 0.15) is 6.04 Å². The number of ether oxygens (including phenoxy) is 1. The molecule has 6 nitrogen and oxygen atoms in total. The van der Waals surface area contributed by atoms with E-state index in [1.54, 1.807) is 35.2 Å². The Morgan fingerprint density at radius 1 is 1.29 bits per heavy atom. The molecule has 1 saturated heterocycles. The highest BCUT2D eigenvalue weighted by molar-refractivity contribution is 6.31. The van der Waals surface area contributed by atoms with Crippen LogP contribution < -0.4 is 0 Å². The molecule has 1 aliphatic carbocycles. The average molecular weight is 403 g/mol. The Bertz CT molecular complexity index is 881. The highest BCUT2D eigenvalue weighted by atomic mass is 35.5. The zero-order valence-electron chi connectivity index (χ0n) is 15.8. The Kier molecular flexibility index (Phi) is 5.40. The Morgan fingerprint density at radius 2 is 2.11 bits per heavy atom. The summed E-state index contributed by atoms with van der Waals surface area (Å²) < 4.78 is 10.6. The average Bonchev–Trinajstić information content (AvgIpc) is 3.29. The van der Waals surface area contributed by atoms with Gasteiger partial charge in [-0.3, -0.25) is 4.79 Å². The normalized spacial score (nSPS) is 24.1. The molecule has 2 aliphatic rings. The molecule has 7 heteroatoms. The van der Waals surface area contributed by atoms with Crippen LogP contribution in [0.3, 0.4) is 0 Å². The predicted octanol–water partition coefficient (Wildman–Crippen LogP) is 4.15. The lowest BCUT2D eigenvalue weighted by molar-refractivity contribution is -0.150. The van der Waals surface area contributed by atoms with Crippen LogP contribution in [0.2, 0.25) is 5.02 Å². The van der Waals surface area contributed by atoms with Crippen molar-refractivity contribution in [3.8, 4) is 0 Å². The number of aromatic nitrogens is 1. The van der Waals surface area contributed by atoms with Crippen LogP contribution in [-0.4, -0.2) is 34.0 Å². The molecule has 2 heterocycles. The van der Waals surface area contributed by atoms with E-state index in [2.05, 4.69) is 5.16 Å². The molecular weight excluding hydrogens is 380 g/mol. The van der Waals surface area contributed by atoms with Crippen molar-refractivity contribution >= 4 is 23.5 Å². The molecule has 2 fully saturated rings. The maximum absolute atomic E-state index is 13.3. The molecule has 1 aromatic carbocycles. The summed E-state index contributed by atoms with van der Waals surface area (Å²) in [5, 5.41) is 4.30. The molecule has 2 aromatic rings. The van der Waals surface area contributed by atoms with Gasteiger partial charge in [-0.05, 0) is 50.3 Å². The number of carbonyl (C=O) groups is 2. The number of halogens is 1. The fourth-order valence-corrected chi connectivity index (χ4v) is 4.65. The molecule has 0 radical (unpaired) electrons. The van der Waals surface area contributed by atoms with E-state index in [0.717, 1.165) is 31.4 Å². The van der Waals surface area contributed by atoms with Crippen LogP contribution in [0, 0.1) is 12.8 Å². The zero-order valence-corrected chi connectivity index (χ0v) is 16.5. The van der Waals surface area contributed by atoms with E-state index in [0.29, 0.717) is 28.7 Å². The van der Waals surface area contributed by atoms with Crippen LogP contribution >= 0.6 is 11.6 Å². The van der Waals surface area contributed by atoms with Crippen molar-refractivity contribution in [2.45, 2.75) is 57.7 Å². The Labute approximate surface area is 168 Å². The molecule has 3 unspecified atom stereocenters. The topological polar surface area (TPSA) is 72.6 Å². The monoisotopic (exact) mass is 402 g/mol. The lowest BCUT2D eigenvalue weighted by Crippen LogP contribution is -2.46. The Balaban J connectivity index is 1.54. The lowest BCUT2D eigenvalue weighted by atomic mass is 9.84. The maximum Gasteiger partial charge on any atom is 0.329 e. The molecule has 3 atom stereocenters. The third-order valence-corrected chi connectivity index (χ3v) is 5.93. The van der Waals surface area contributed by atoms with E-state index in [9.17, 15) is 9.59 Å². The summed E-state index contributed by atoms with van der Waals surface area (Å²) in [6, 6.07) is 8.11. The number of nitrogens with zero attached hydrogens (tertiary/aromatic N) is 2. The van der Waals surface area contributed by atoms with Gasteiger partial charge in [0.25, 0.3) is 5.91 Å². The molecule has 1 aromatic heterocycles. The van der Waals surface area contributed by atoms with Gasteiger partial charge in [0.05, 0.1) is 5.69 Å². The first-order chi connectivity index (χ1) is 13.5. The zero-order chi connectivity index (χ0) is 19.7. The minimum Gasteiger partial charge on any atom is -0.456 e. The van der Waals surface area contributed by atoms with Gasteiger partial charge < -0.3 is 14.2 Å². The van der Waals surface area contributed by atoms with E-state index >= 15 is 0 Å². The number of likely N-dealkylation sites (tertiary alicyclic amines) is 1. The van der Waals surface area contributed by atoms with Crippen molar-refractivity contribution < 1.29 is 18.8 Å². The highest BCUT2D eigenvalue weighted by Gasteiger charge is 2.48. The van der Waals surface area contributed by atoms with Crippen molar-refractivity contribution in [1.29, 1.82) is 0 Å². The molecule has 1 saturated carbocycles. The van der Waals surface area contributed by atoms with Gasteiger partial charge >= 0.3 is 5.97 Å². The van der Waals surface area contributed by atoms with Crippen molar-refractivity contribution in [1.82, 2.24) is 10.1 Å². The third kappa shape index (κ3) is 3.78. The summed E-state index contributed by atoms with van der Waals surface area (Å²) in [7, 11) is 0. The number of carbonyl (C=O) groups excluding carboxylic acids is 2. The van der Waals surface area contributed by atoms with Gasteiger partial charge in [-0.1, -0.05) is 35.7 Å². The minimum atomic E-state index is -0.580. The SMILES string of the molecule is Cc1cc(COC(=O)C2CC3CCCCC3N2C(=O)c2cccc(Cl)c2)on1. The fourth-order valence-electron chi connectivity index (χ4n) is 4.46. The molecule has 28 heavy (non-hydrogen) atoms. The molecule has 4 rings (SSSR count). The summed E-state index contributed by atoms with van der Waals surface area (Å²) in [5.41, 5.74) is 1.23. The van der Waals surface area contributed by atoms with Crippen LogP contribution in [0.4, 0.5) is 0 Å². The van der Waals surface area contributed by atoms with Crippen LogP contribution in [0.25, 0.3) is 0 Å².